The normalized spacial score (nSPS) is 11.9. The fourth-order valence-corrected chi connectivity index (χ4v) is 1.96. The molecule has 0 aliphatic heterocycles. The molecule has 0 aromatic carbocycles. The highest BCUT2D eigenvalue weighted by molar-refractivity contribution is 5.22. The quantitative estimate of drug-likeness (QED) is 0.743. The highest BCUT2D eigenvalue weighted by Crippen LogP contribution is 2.15. The lowest BCUT2D eigenvalue weighted by Gasteiger charge is -2.18. The lowest BCUT2D eigenvalue weighted by Crippen LogP contribution is -2.29. The maximum Gasteiger partial charge on any atom is 0.274 e. The van der Waals surface area contributed by atoms with E-state index in [1.165, 1.54) is 0 Å². The molecule has 0 aliphatic rings. The molecule has 2 N–H and O–H groups in total. The number of H-pyrrole nitrogens is 1. The van der Waals surface area contributed by atoms with E-state index in [0.29, 0.717) is 11.6 Å². The van der Waals surface area contributed by atoms with E-state index < -0.39 is 0 Å². The minimum Gasteiger partial charge on any atom is -0.354 e. The summed E-state index contributed by atoms with van der Waals surface area (Å²) in [5.41, 5.74) is 0.00642. The number of nitrogens with zero attached hydrogens (tertiary/aromatic N) is 3. The van der Waals surface area contributed by atoms with Crippen LogP contribution in [-0.4, -0.2) is 46.3 Å². The maximum atomic E-state index is 11.9. The van der Waals surface area contributed by atoms with E-state index in [0.717, 1.165) is 32.6 Å². The first-order valence-corrected chi connectivity index (χ1v) is 7.32. The van der Waals surface area contributed by atoms with Crippen LogP contribution in [0.4, 0.5) is 5.95 Å². The number of aromatic amines is 1. The van der Waals surface area contributed by atoms with Gasteiger partial charge in [-0.2, -0.15) is 0 Å². The number of aromatic nitrogens is 3. The third kappa shape index (κ3) is 4.92. The molecule has 1 aromatic heterocycles. The van der Waals surface area contributed by atoms with E-state index in [-0.39, 0.29) is 11.0 Å². The van der Waals surface area contributed by atoms with Crippen LogP contribution in [0.5, 0.6) is 0 Å². The van der Waals surface area contributed by atoms with Gasteiger partial charge in [-0.05, 0) is 26.1 Å². The van der Waals surface area contributed by atoms with Crippen LogP contribution in [0.2, 0.25) is 0 Å². The van der Waals surface area contributed by atoms with E-state index in [1.807, 2.05) is 20.8 Å². The second-order valence-corrected chi connectivity index (χ2v) is 5.91. The van der Waals surface area contributed by atoms with E-state index >= 15 is 0 Å². The van der Waals surface area contributed by atoms with E-state index in [9.17, 15) is 4.79 Å². The Labute approximate surface area is 121 Å². The fourth-order valence-electron chi connectivity index (χ4n) is 1.96. The van der Waals surface area contributed by atoms with Crippen LogP contribution < -0.4 is 10.9 Å². The zero-order chi connectivity index (χ0) is 15.2. The Morgan fingerprint density at radius 1 is 1.20 bits per heavy atom. The molecule has 6 heteroatoms. The molecule has 0 fully saturated rings. The first kappa shape index (κ1) is 16.6. The number of hydrogen-bond donors (Lipinski definition) is 2. The van der Waals surface area contributed by atoms with Crippen molar-refractivity contribution in [3.05, 3.63) is 16.0 Å². The van der Waals surface area contributed by atoms with Gasteiger partial charge in [-0.3, -0.25) is 9.78 Å². The van der Waals surface area contributed by atoms with Gasteiger partial charge in [-0.15, -0.1) is 10.2 Å². The summed E-state index contributed by atoms with van der Waals surface area (Å²) in [4.78, 5) is 17.0. The summed E-state index contributed by atoms with van der Waals surface area (Å²) in [7, 11) is 0. The van der Waals surface area contributed by atoms with Crippen molar-refractivity contribution in [2.45, 2.75) is 46.5 Å². The highest BCUT2D eigenvalue weighted by atomic mass is 16.1. The Morgan fingerprint density at radius 3 is 2.35 bits per heavy atom. The Bertz CT molecular complexity index is 459. The van der Waals surface area contributed by atoms with Crippen molar-refractivity contribution in [3.63, 3.8) is 0 Å². The zero-order valence-electron chi connectivity index (χ0n) is 13.3. The molecule has 114 valence electrons. The van der Waals surface area contributed by atoms with Crippen molar-refractivity contribution in [1.82, 2.24) is 20.1 Å². The van der Waals surface area contributed by atoms with E-state index in [1.54, 1.807) is 0 Å². The smallest absolute Gasteiger partial charge is 0.274 e. The predicted octanol–water partition coefficient (Wildman–Crippen LogP) is 1.61. The van der Waals surface area contributed by atoms with Crippen molar-refractivity contribution in [3.8, 4) is 0 Å². The molecule has 0 saturated carbocycles. The van der Waals surface area contributed by atoms with Crippen LogP contribution >= 0.6 is 0 Å². The third-order valence-electron chi connectivity index (χ3n) is 3.25. The second kappa shape index (κ2) is 7.38. The van der Waals surface area contributed by atoms with Crippen molar-refractivity contribution < 1.29 is 0 Å². The third-order valence-corrected chi connectivity index (χ3v) is 3.25. The molecule has 0 amide bonds. The Balaban J connectivity index is 2.50. The Kier molecular flexibility index (Phi) is 6.13. The van der Waals surface area contributed by atoms with Gasteiger partial charge in [0, 0.05) is 12.0 Å². The van der Waals surface area contributed by atoms with E-state index in [2.05, 4.69) is 39.2 Å². The molecular weight excluding hydrogens is 254 g/mol. The van der Waals surface area contributed by atoms with Gasteiger partial charge in [0.1, 0.15) is 5.69 Å². The van der Waals surface area contributed by atoms with Crippen molar-refractivity contribution in [1.29, 1.82) is 0 Å². The molecule has 6 nitrogen and oxygen atoms in total. The van der Waals surface area contributed by atoms with Crippen molar-refractivity contribution in [2.75, 3.05) is 31.5 Å². The number of anilines is 1. The van der Waals surface area contributed by atoms with Crippen molar-refractivity contribution >= 4 is 5.95 Å². The van der Waals surface area contributed by atoms with Crippen LogP contribution in [-0.2, 0) is 5.41 Å². The minimum atomic E-state index is -0.290. The average molecular weight is 281 g/mol. The van der Waals surface area contributed by atoms with Gasteiger partial charge >= 0.3 is 0 Å². The summed E-state index contributed by atoms with van der Waals surface area (Å²) >= 11 is 0. The Morgan fingerprint density at radius 2 is 1.85 bits per heavy atom. The fraction of sp³-hybridized carbons (Fsp3) is 0.786. The average Bonchev–Trinajstić information content (AvgIpc) is 2.37. The topological polar surface area (TPSA) is 73.9 Å². The number of rotatable bonds is 7. The summed E-state index contributed by atoms with van der Waals surface area (Å²) in [6.45, 7) is 14.1. The number of nitrogens with one attached hydrogen (secondary N) is 2. The Hall–Kier alpha value is -1.43. The van der Waals surface area contributed by atoms with Crippen LogP contribution in [0.25, 0.3) is 0 Å². The van der Waals surface area contributed by atoms with Gasteiger partial charge in [0.05, 0.1) is 0 Å². The first-order chi connectivity index (χ1) is 9.38. The predicted molar refractivity (Wildman–Crippen MR) is 82.2 cm³/mol. The standard InChI is InChI=1S/C14H27N5O/c1-6-19(7-2)10-8-9-15-13-16-12(20)11(17-18-13)14(3,4)5/h6-10H2,1-5H3,(H2,15,16,18,20). The second-order valence-electron chi connectivity index (χ2n) is 5.91. The molecule has 1 aromatic rings. The van der Waals surface area contributed by atoms with Gasteiger partial charge in [-0.1, -0.05) is 34.6 Å². The summed E-state index contributed by atoms with van der Waals surface area (Å²) in [5.74, 6) is 0.447. The van der Waals surface area contributed by atoms with Crippen LogP contribution in [0.3, 0.4) is 0 Å². The van der Waals surface area contributed by atoms with Crippen LogP contribution in [0.15, 0.2) is 4.79 Å². The first-order valence-electron chi connectivity index (χ1n) is 7.32. The van der Waals surface area contributed by atoms with Gasteiger partial charge in [0.15, 0.2) is 0 Å². The molecule has 20 heavy (non-hydrogen) atoms. The van der Waals surface area contributed by atoms with Crippen LogP contribution in [0.1, 0.15) is 46.7 Å². The molecule has 0 saturated heterocycles. The van der Waals surface area contributed by atoms with Gasteiger partial charge < -0.3 is 10.2 Å². The summed E-state index contributed by atoms with van der Waals surface area (Å²) in [6.07, 6.45) is 1.01. The molecule has 0 spiro atoms. The van der Waals surface area contributed by atoms with Crippen LogP contribution in [0, 0.1) is 0 Å². The van der Waals surface area contributed by atoms with Crippen molar-refractivity contribution in [2.24, 2.45) is 0 Å². The number of hydrogen-bond acceptors (Lipinski definition) is 5. The lowest BCUT2D eigenvalue weighted by molar-refractivity contribution is 0.303. The SMILES string of the molecule is CCN(CC)CCCNc1nnc(C(C)(C)C)c(=O)[nH]1. The highest BCUT2D eigenvalue weighted by Gasteiger charge is 2.20. The molecule has 0 atom stereocenters. The summed E-state index contributed by atoms with van der Waals surface area (Å²) < 4.78 is 0. The largest absolute Gasteiger partial charge is 0.354 e. The van der Waals surface area contributed by atoms with Gasteiger partial charge in [-0.25, -0.2) is 0 Å². The molecule has 1 rings (SSSR count). The summed E-state index contributed by atoms with van der Waals surface area (Å²) in [6, 6.07) is 0. The maximum absolute atomic E-state index is 11.9. The molecule has 0 bridgehead atoms. The molecule has 0 radical (unpaired) electrons. The molecule has 0 unspecified atom stereocenters. The molecule has 1 heterocycles. The van der Waals surface area contributed by atoms with E-state index in [4.69, 9.17) is 0 Å². The van der Waals surface area contributed by atoms with Gasteiger partial charge in [0.2, 0.25) is 5.95 Å². The molecular formula is C14H27N5O. The molecule has 0 aliphatic carbocycles. The monoisotopic (exact) mass is 281 g/mol. The lowest BCUT2D eigenvalue weighted by atomic mass is 9.93. The zero-order valence-corrected chi connectivity index (χ0v) is 13.3. The van der Waals surface area contributed by atoms with Gasteiger partial charge in [0.25, 0.3) is 5.56 Å². The minimum absolute atomic E-state index is 0.168. The summed E-state index contributed by atoms with van der Waals surface area (Å²) in [5, 5.41) is 11.2.